The van der Waals surface area contributed by atoms with E-state index in [1.165, 1.54) is 18.0 Å². The molecule has 10 heteroatoms. The number of nitrogens with zero attached hydrogens (tertiary/aromatic N) is 3. The molecule has 196 valence electrons. The zero-order valence-electron chi connectivity index (χ0n) is 21.1. The van der Waals surface area contributed by atoms with Crippen LogP contribution in [0.2, 0.25) is 0 Å². The van der Waals surface area contributed by atoms with Gasteiger partial charge < -0.3 is 14.8 Å². The molecule has 1 heterocycles. The summed E-state index contributed by atoms with van der Waals surface area (Å²) in [6.45, 7) is 3.78. The predicted molar refractivity (Wildman–Crippen MR) is 157 cm³/mol. The molecule has 4 rings (SSSR count). The van der Waals surface area contributed by atoms with E-state index < -0.39 is 0 Å². The average Bonchev–Trinajstić information content (AvgIpc) is 2.91. The summed E-state index contributed by atoms with van der Waals surface area (Å²) in [4.78, 5) is 30.7. The van der Waals surface area contributed by atoms with Gasteiger partial charge >= 0.3 is 0 Å². The molecule has 0 bridgehead atoms. The summed E-state index contributed by atoms with van der Waals surface area (Å²) in [5, 5.41) is 7.78. The molecule has 0 saturated heterocycles. The Kier molecular flexibility index (Phi) is 8.96. The van der Waals surface area contributed by atoms with Crippen molar-refractivity contribution < 1.29 is 14.3 Å². The van der Waals surface area contributed by atoms with Gasteiger partial charge in [0.2, 0.25) is 0 Å². The molecule has 0 aliphatic heterocycles. The number of fused-ring (bicyclic) bond motifs is 1. The van der Waals surface area contributed by atoms with Crippen LogP contribution in [0.15, 0.2) is 79.5 Å². The summed E-state index contributed by atoms with van der Waals surface area (Å²) in [7, 11) is 1.51. The Labute approximate surface area is 236 Å². The monoisotopic (exact) mass is 640 g/mol. The van der Waals surface area contributed by atoms with Crippen LogP contribution in [-0.2, 0) is 4.79 Å². The molecule has 0 saturated carbocycles. The van der Waals surface area contributed by atoms with Crippen molar-refractivity contribution in [3.63, 3.8) is 0 Å². The summed E-state index contributed by atoms with van der Waals surface area (Å²) in [6, 6.07) is 18.0. The maximum absolute atomic E-state index is 13.5. The number of methoxy groups -OCH3 is 1. The second-order valence-corrected chi connectivity index (χ2v) is 10.4. The fourth-order valence-electron chi connectivity index (χ4n) is 3.75. The van der Waals surface area contributed by atoms with Gasteiger partial charge in [-0.05, 0) is 48.9 Å². The van der Waals surface area contributed by atoms with E-state index in [2.05, 4.69) is 42.3 Å². The molecule has 1 atom stereocenters. The molecule has 1 aromatic heterocycles. The molecule has 0 fully saturated rings. The maximum Gasteiger partial charge on any atom is 0.282 e. The van der Waals surface area contributed by atoms with Crippen molar-refractivity contribution in [3.05, 3.63) is 91.4 Å². The first-order valence-corrected chi connectivity index (χ1v) is 13.5. The molecule has 1 N–H and O–H groups in total. The minimum absolute atomic E-state index is 0.0117. The predicted octanol–water partition coefficient (Wildman–Crippen LogP) is 6.34. The number of hydrogen-bond acceptors (Lipinski definition) is 6. The largest absolute Gasteiger partial charge is 0.493 e. The molecular formula is C28H26Br2N4O4. The molecule has 3 aromatic carbocycles. The van der Waals surface area contributed by atoms with Crippen LogP contribution in [0, 0.1) is 0 Å². The van der Waals surface area contributed by atoms with Gasteiger partial charge in [-0.2, -0.15) is 9.78 Å². The van der Waals surface area contributed by atoms with E-state index in [0.29, 0.717) is 43.9 Å². The lowest BCUT2D eigenvalue weighted by atomic mass is 10.1. The summed E-state index contributed by atoms with van der Waals surface area (Å²) >= 11 is 6.91. The van der Waals surface area contributed by atoms with Crippen LogP contribution < -0.4 is 20.3 Å². The number of anilines is 1. The van der Waals surface area contributed by atoms with E-state index in [4.69, 9.17) is 14.5 Å². The Morgan fingerprint density at radius 2 is 1.89 bits per heavy atom. The van der Waals surface area contributed by atoms with E-state index in [9.17, 15) is 9.59 Å². The zero-order chi connectivity index (χ0) is 27.2. The number of nitrogens with one attached hydrogen (secondary N) is 1. The Bertz CT molecular complexity index is 1550. The summed E-state index contributed by atoms with van der Waals surface area (Å²) in [5.74, 6) is 0.932. The lowest BCUT2D eigenvalue weighted by molar-refractivity contribution is -0.118. The Hall–Kier alpha value is -3.50. The molecule has 4 aromatic rings. The van der Waals surface area contributed by atoms with Crippen LogP contribution in [0.1, 0.15) is 37.6 Å². The molecule has 0 aliphatic carbocycles. The quantitative estimate of drug-likeness (QED) is 0.215. The van der Waals surface area contributed by atoms with E-state index in [0.717, 1.165) is 10.9 Å². The highest BCUT2D eigenvalue weighted by molar-refractivity contribution is 9.10. The van der Waals surface area contributed by atoms with Crippen molar-refractivity contribution in [2.75, 3.05) is 19.0 Å². The fourth-order valence-corrected chi connectivity index (χ4v) is 4.56. The number of aromatic nitrogens is 2. The second kappa shape index (κ2) is 12.4. The third-order valence-electron chi connectivity index (χ3n) is 5.87. The number of hydrogen-bond donors (Lipinski definition) is 1. The molecule has 8 nitrogen and oxygen atoms in total. The van der Waals surface area contributed by atoms with Gasteiger partial charge in [0.15, 0.2) is 18.1 Å². The third-order valence-corrected chi connectivity index (χ3v) is 6.82. The fraction of sp³-hybridized carbons (Fsp3) is 0.214. The molecule has 0 unspecified atom stereocenters. The first-order valence-electron chi connectivity index (χ1n) is 11.9. The SMILES string of the molecule is CC[C@H](C)c1nc2ccc(Br)cc2c(=O)n1N=Cc1cc(Br)cc(OC)c1OCC(=O)Nc1ccccc1. The molecule has 1 amide bonds. The number of benzene rings is 3. The van der Waals surface area contributed by atoms with Crippen LogP contribution in [0.3, 0.4) is 0 Å². The second-order valence-electron chi connectivity index (χ2n) is 8.53. The van der Waals surface area contributed by atoms with Crippen LogP contribution >= 0.6 is 31.9 Å². The smallest absolute Gasteiger partial charge is 0.282 e. The Morgan fingerprint density at radius 3 is 2.61 bits per heavy atom. The highest BCUT2D eigenvalue weighted by atomic mass is 79.9. The molecule has 38 heavy (non-hydrogen) atoms. The topological polar surface area (TPSA) is 94.8 Å². The average molecular weight is 642 g/mol. The molecule has 0 radical (unpaired) electrons. The molecule has 0 spiro atoms. The van der Waals surface area contributed by atoms with Crippen LogP contribution in [-0.4, -0.2) is 35.5 Å². The van der Waals surface area contributed by atoms with Gasteiger partial charge in [0, 0.05) is 26.1 Å². The number of ether oxygens (including phenoxy) is 2. The van der Waals surface area contributed by atoms with Gasteiger partial charge in [-0.25, -0.2) is 4.98 Å². The van der Waals surface area contributed by atoms with Crippen LogP contribution in [0.25, 0.3) is 10.9 Å². The number of carbonyl (C=O) groups excluding carboxylic acids is 1. The minimum Gasteiger partial charge on any atom is -0.493 e. The van der Waals surface area contributed by atoms with Gasteiger partial charge in [-0.1, -0.05) is 63.9 Å². The van der Waals surface area contributed by atoms with Crippen molar-refractivity contribution in [2.24, 2.45) is 5.10 Å². The zero-order valence-corrected chi connectivity index (χ0v) is 24.2. The minimum atomic E-state index is -0.330. The van der Waals surface area contributed by atoms with Gasteiger partial charge in [-0.15, -0.1) is 0 Å². The van der Waals surface area contributed by atoms with Crippen molar-refractivity contribution in [1.82, 2.24) is 9.66 Å². The molecule has 0 aliphatic rings. The summed E-state index contributed by atoms with van der Waals surface area (Å²) in [6.07, 6.45) is 2.29. The lowest BCUT2D eigenvalue weighted by Gasteiger charge is -2.15. The van der Waals surface area contributed by atoms with Crippen LogP contribution in [0.4, 0.5) is 5.69 Å². The third kappa shape index (κ3) is 6.31. The number of halogens is 2. The van der Waals surface area contributed by atoms with Gasteiger partial charge in [-0.3, -0.25) is 9.59 Å². The van der Waals surface area contributed by atoms with E-state index in [1.807, 2.05) is 44.2 Å². The van der Waals surface area contributed by atoms with Crippen molar-refractivity contribution in [1.29, 1.82) is 0 Å². The molecular weight excluding hydrogens is 616 g/mol. The van der Waals surface area contributed by atoms with Crippen molar-refractivity contribution >= 4 is 60.6 Å². The Morgan fingerprint density at radius 1 is 1.13 bits per heavy atom. The highest BCUT2D eigenvalue weighted by Crippen LogP contribution is 2.34. The van der Waals surface area contributed by atoms with Crippen LogP contribution in [0.5, 0.6) is 11.5 Å². The normalized spacial score (nSPS) is 12.0. The maximum atomic E-state index is 13.5. The van der Waals surface area contributed by atoms with E-state index in [1.54, 1.807) is 30.3 Å². The Balaban J connectivity index is 1.72. The van der Waals surface area contributed by atoms with Crippen molar-refractivity contribution in [3.8, 4) is 11.5 Å². The number of carbonyl (C=O) groups is 1. The van der Waals surface area contributed by atoms with Gasteiger partial charge in [0.25, 0.3) is 11.5 Å². The first-order chi connectivity index (χ1) is 18.3. The first kappa shape index (κ1) is 27.5. The standard InChI is InChI=1S/C28H26Br2N4O4/c1-4-17(2)27-33-23-11-10-19(29)13-22(23)28(36)34(27)31-15-18-12-20(30)14-24(37-3)26(18)38-16-25(35)32-21-8-6-5-7-9-21/h5-15,17H,4,16H2,1-3H3,(H,32,35)/t17-/m0/s1. The summed E-state index contributed by atoms with van der Waals surface area (Å²) < 4.78 is 14.2. The van der Waals surface area contributed by atoms with Gasteiger partial charge in [0.05, 0.1) is 24.2 Å². The van der Waals surface area contributed by atoms with E-state index in [-0.39, 0.29) is 24.0 Å². The number of para-hydroxylation sites is 1. The van der Waals surface area contributed by atoms with E-state index >= 15 is 0 Å². The summed E-state index contributed by atoms with van der Waals surface area (Å²) in [5.41, 5.74) is 1.50. The highest BCUT2D eigenvalue weighted by Gasteiger charge is 2.17. The number of rotatable bonds is 9. The van der Waals surface area contributed by atoms with Gasteiger partial charge in [0.1, 0.15) is 5.82 Å². The lowest BCUT2D eigenvalue weighted by Crippen LogP contribution is -2.24. The van der Waals surface area contributed by atoms with Crippen molar-refractivity contribution in [2.45, 2.75) is 26.2 Å². The number of amides is 1.